The predicted octanol–water partition coefficient (Wildman–Crippen LogP) is 1.69. The van der Waals surface area contributed by atoms with E-state index in [4.69, 9.17) is 0 Å². The molecule has 0 unspecified atom stereocenters. The van der Waals surface area contributed by atoms with Gasteiger partial charge in [-0.1, -0.05) is 0 Å². The molecule has 4 nitrogen and oxygen atoms in total. The summed E-state index contributed by atoms with van der Waals surface area (Å²) >= 11 is 0. The van der Waals surface area contributed by atoms with E-state index < -0.39 is 0 Å². The molecule has 18 heavy (non-hydrogen) atoms. The first-order valence-corrected chi connectivity index (χ1v) is 7.03. The van der Waals surface area contributed by atoms with E-state index >= 15 is 0 Å². The number of carbonyl (C=O) groups excluding carboxylic acids is 1. The van der Waals surface area contributed by atoms with Crippen molar-refractivity contribution in [2.24, 2.45) is 0 Å². The molecule has 1 aliphatic carbocycles. The molecule has 1 aromatic heterocycles. The summed E-state index contributed by atoms with van der Waals surface area (Å²) in [5, 5.41) is 6.48. The van der Waals surface area contributed by atoms with E-state index in [0.29, 0.717) is 12.1 Å². The van der Waals surface area contributed by atoms with Crippen LogP contribution in [0.1, 0.15) is 48.6 Å². The summed E-state index contributed by atoms with van der Waals surface area (Å²) in [5.41, 5.74) is 0.817. The van der Waals surface area contributed by atoms with Gasteiger partial charge in [-0.25, -0.2) is 0 Å². The zero-order valence-corrected chi connectivity index (χ0v) is 10.7. The standard InChI is InChI=1S/C14H21N3O/c18-14(16-9-7-11-3-1-8-15-11)13-4-2-10-17(13)12-5-6-12/h2,4,10-12,15H,1,3,5-9H2,(H,16,18)/t11-/m0/s1. The van der Waals surface area contributed by atoms with Crippen molar-refractivity contribution in [3.63, 3.8) is 0 Å². The highest BCUT2D eigenvalue weighted by atomic mass is 16.1. The Morgan fingerprint density at radius 2 is 2.33 bits per heavy atom. The third-order valence-electron chi connectivity index (χ3n) is 3.89. The van der Waals surface area contributed by atoms with Gasteiger partial charge in [0.25, 0.3) is 5.91 Å². The fourth-order valence-corrected chi connectivity index (χ4v) is 2.71. The van der Waals surface area contributed by atoms with Gasteiger partial charge >= 0.3 is 0 Å². The lowest BCUT2D eigenvalue weighted by Gasteiger charge is -2.12. The molecule has 1 atom stereocenters. The van der Waals surface area contributed by atoms with E-state index in [-0.39, 0.29) is 5.91 Å². The smallest absolute Gasteiger partial charge is 0.267 e. The first-order chi connectivity index (χ1) is 8.84. The Labute approximate surface area is 108 Å². The Balaban J connectivity index is 1.49. The molecule has 3 rings (SSSR count). The third kappa shape index (κ3) is 2.58. The maximum atomic E-state index is 12.1. The molecule has 0 spiro atoms. The Kier molecular flexibility index (Phi) is 3.37. The molecule has 98 valence electrons. The highest BCUT2D eigenvalue weighted by Crippen LogP contribution is 2.35. The molecule has 2 aliphatic rings. The van der Waals surface area contributed by atoms with Crippen LogP contribution < -0.4 is 10.6 Å². The van der Waals surface area contributed by atoms with Crippen LogP contribution in [0, 0.1) is 0 Å². The summed E-state index contributed by atoms with van der Waals surface area (Å²) in [5.74, 6) is 0.0740. The van der Waals surface area contributed by atoms with Crippen molar-refractivity contribution >= 4 is 5.91 Å². The van der Waals surface area contributed by atoms with Crippen molar-refractivity contribution in [3.8, 4) is 0 Å². The summed E-state index contributed by atoms with van der Waals surface area (Å²) in [7, 11) is 0. The number of carbonyl (C=O) groups is 1. The summed E-state index contributed by atoms with van der Waals surface area (Å²) in [6.45, 7) is 1.90. The number of nitrogens with zero attached hydrogens (tertiary/aromatic N) is 1. The molecule has 1 aliphatic heterocycles. The minimum Gasteiger partial charge on any atom is -0.351 e. The van der Waals surface area contributed by atoms with Crippen LogP contribution in [0.3, 0.4) is 0 Å². The van der Waals surface area contributed by atoms with Gasteiger partial charge in [-0.3, -0.25) is 4.79 Å². The zero-order valence-electron chi connectivity index (χ0n) is 10.7. The van der Waals surface area contributed by atoms with E-state index in [1.165, 1.54) is 25.7 Å². The van der Waals surface area contributed by atoms with Crippen molar-refractivity contribution in [3.05, 3.63) is 24.0 Å². The third-order valence-corrected chi connectivity index (χ3v) is 3.89. The summed E-state index contributed by atoms with van der Waals surface area (Å²) < 4.78 is 2.11. The molecule has 1 saturated carbocycles. The number of hydrogen-bond donors (Lipinski definition) is 2. The fraction of sp³-hybridized carbons (Fsp3) is 0.643. The SMILES string of the molecule is O=C(NCC[C@@H]1CCCN1)c1cccn1C1CC1. The van der Waals surface area contributed by atoms with Gasteiger partial charge in [-0.15, -0.1) is 0 Å². The molecular formula is C14H21N3O. The van der Waals surface area contributed by atoms with Crippen LogP contribution in [-0.4, -0.2) is 29.6 Å². The molecule has 1 aromatic rings. The largest absolute Gasteiger partial charge is 0.351 e. The van der Waals surface area contributed by atoms with E-state index in [1.807, 2.05) is 18.3 Å². The van der Waals surface area contributed by atoms with Gasteiger partial charge in [0.15, 0.2) is 0 Å². The second-order valence-corrected chi connectivity index (χ2v) is 5.37. The van der Waals surface area contributed by atoms with Gasteiger partial charge in [0.2, 0.25) is 0 Å². The number of rotatable bonds is 5. The maximum absolute atomic E-state index is 12.1. The first kappa shape index (κ1) is 11.8. The lowest BCUT2D eigenvalue weighted by molar-refractivity contribution is 0.0943. The van der Waals surface area contributed by atoms with Gasteiger partial charge < -0.3 is 15.2 Å². The summed E-state index contributed by atoms with van der Waals surface area (Å²) in [6.07, 6.45) is 7.99. The van der Waals surface area contributed by atoms with Gasteiger partial charge in [-0.2, -0.15) is 0 Å². The normalized spacial score (nSPS) is 23.2. The van der Waals surface area contributed by atoms with Crippen LogP contribution in [0.5, 0.6) is 0 Å². The molecule has 2 heterocycles. The quantitative estimate of drug-likeness (QED) is 0.832. The van der Waals surface area contributed by atoms with E-state index in [0.717, 1.165) is 25.2 Å². The number of nitrogens with one attached hydrogen (secondary N) is 2. The van der Waals surface area contributed by atoms with Gasteiger partial charge in [-0.05, 0) is 50.8 Å². The monoisotopic (exact) mass is 247 g/mol. The molecule has 1 amide bonds. The molecular weight excluding hydrogens is 226 g/mol. The Bertz CT molecular complexity index is 416. The number of amides is 1. The molecule has 2 fully saturated rings. The van der Waals surface area contributed by atoms with E-state index in [2.05, 4.69) is 15.2 Å². The molecule has 0 bridgehead atoms. The minimum absolute atomic E-state index is 0.0740. The van der Waals surface area contributed by atoms with Crippen LogP contribution in [0.25, 0.3) is 0 Å². The number of aromatic nitrogens is 1. The first-order valence-electron chi connectivity index (χ1n) is 7.03. The molecule has 0 aromatic carbocycles. The molecule has 4 heteroatoms. The number of hydrogen-bond acceptors (Lipinski definition) is 2. The topological polar surface area (TPSA) is 46.1 Å². The van der Waals surface area contributed by atoms with Crippen LogP contribution in [0.2, 0.25) is 0 Å². The lowest BCUT2D eigenvalue weighted by atomic mass is 10.1. The fourth-order valence-electron chi connectivity index (χ4n) is 2.71. The van der Waals surface area contributed by atoms with Gasteiger partial charge in [0.05, 0.1) is 0 Å². The van der Waals surface area contributed by atoms with E-state index in [1.54, 1.807) is 0 Å². The summed E-state index contributed by atoms with van der Waals surface area (Å²) in [4.78, 5) is 12.1. The van der Waals surface area contributed by atoms with E-state index in [9.17, 15) is 4.79 Å². The molecule has 1 saturated heterocycles. The second-order valence-electron chi connectivity index (χ2n) is 5.37. The average molecular weight is 247 g/mol. The highest BCUT2D eigenvalue weighted by molar-refractivity contribution is 5.92. The van der Waals surface area contributed by atoms with Crippen molar-refractivity contribution in [2.45, 2.75) is 44.2 Å². The van der Waals surface area contributed by atoms with Crippen molar-refractivity contribution in [2.75, 3.05) is 13.1 Å². The van der Waals surface area contributed by atoms with Crippen LogP contribution >= 0.6 is 0 Å². The van der Waals surface area contributed by atoms with Crippen molar-refractivity contribution < 1.29 is 4.79 Å². The van der Waals surface area contributed by atoms with Crippen molar-refractivity contribution in [1.29, 1.82) is 0 Å². The van der Waals surface area contributed by atoms with Crippen LogP contribution in [0.15, 0.2) is 18.3 Å². The zero-order chi connectivity index (χ0) is 12.4. The Morgan fingerprint density at radius 1 is 1.44 bits per heavy atom. The summed E-state index contributed by atoms with van der Waals surface area (Å²) in [6, 6.07) is 5.05. The lowest BCUT2D eigenvalue weighted by Crippen LogP contribution is -2.31. The minimum atomic E-state index is 0.0740. The van der Waals surface area contributed by atoms with Crippen LogP contribution in [0.4, 0.5) is 0 Å². The van der Waals surface area contributed by atoms with Crippen LogP contribution in [-0.2, 0) is 0 Å². The molecule has 2 N–H and O–H groups in total. The highest BCUT2D eigenvalue weighted by Gasteiger charge is 2.26. The maximum Gasteiger partial charge on any atom is 0.267 e. The predicted molar refractivity (Wildman–Crippen MR) is 70.7 cm³/mol. The Morgan fingerprint density at radius 3 is 3.06 bits per heavy atom. The molecule has 0 radical (unpaired) electrons. The Hall–Kier alpha value is -1.29. The van der Waals surface area contributed by atoms with Gasteiger partial charge in [0.1, 0.15) is 5.69 Å². The second kappa shape index (κ2) is 5.14. The average Bonchev–Trinajstić information content (AvgIpc) is 2.91. The van der Waals surface area contributed by atoms with Gasteiger partial charge in [0, 0.05) is 24.8 Å². The van der Waals surface area contributed by atoms with Crippen molar-refractivity contribution in [1.82, 2.24) is 15.2 Å².